The van der Waals surface area contributed by atoms with Crippen molar-refractivity contribution in [3.8, 4) is 5.75 Å². The summed E-state index contributed by atoms with van der Waals surface area (Å²) in [5, 5.41) is 20.9. The van der Waals surface area contributed by atoms with E-state index in [0.717, 1.165) is 5.56 Å². The normalized spacial score (nSPS) is 11.7. The molecule has 21 heavy (non-hydrogen) atoms. The summed E-state index contributed by atoms with van der Waals surface area (Å²) in [4.78, 5) is 14.3. The smallest absolute Gasteiger partial charge is 0.254 e. The Hall–Kier alpha value is -2.24. The van der Waals surface area contributed by atoms with Gasteiger partial charge in [-0.1, -0.05) is 19.0 Å². The van der Waals surface area contributed by atoms with Crippen LogP contribution in [-0.4, -0.2) is 40.0 Å². The Morgan fingerprint density at radius 1 is 1.43 bits per heavy atom. The number of hydrogen-bond donors (Lipinski definition) is 3. The molecule has 0 aliphatic rings. The number of carbonyl (C=O) groups is 1. The van der Waals surface area contributed by atoms with Crippen molar-refractivity contribution < 1.29 is 15.1 Å². The average Bonchev–Trinajstić information content (AvgIpc) is 2.42. The summed E-state index contributed by atoms with van der Waals surface area (Å²) in [6.07, 6.45) is 0.312. The lowest BCUT2D eigenvalue weighted by Crippen LogP contribution is -2.37. The van der Waals surface area contributed by atoms with Crippen LogP contribution in [0.3, 0.4) is 0 Å². The van der Waals surface area contributed by atoms with Crippen molar-refractivity contribution in [3.63, 3.8) is 0 Å². The Bertz CT molecular complexity index is 527. The zero-order valence-corrected chi connectivity index (χ0v) is 12.7. The standard InChI is InChI=1S/C15H23N3O3/c1-10(2)9-18(7-6-14(16)17-21)15(20)13-5-4-12(19)8-11(13)3/h4-5,8,10,19,21H,6-7,9H2,1-3H3,(H2,16,17). The van der Waals surface area contributed by atoms with Crippen LogP contribution >= 0.6 is 0 Å². The van der Waals surface area contributed by atoms with Gasteiger partial charge in [-0.15, -0.1) is 0 Å². The van der Waals surface area contributed by atoms with Gasteiger partial charge in [-0.05, 0) is 36.6 Å². The van der Waals surface area contributed by atoms with Gasteiger partial charge in [0.1, 0.15) is 11.6 Å². The number of aryl methyl sites for hydroxylation is 1. The second kappa shape index (κ2) is 7.52. The lowest BCUT2D eigenvalue weighted by molar-refractivity contribution is 0.0740. The van der Waals surface area contributed by atoms with E-state index < -0.39 is 0 Å². The molecule has 0 unspecified atom stereocenters. The number of oxime groups is 1. The van der Waals surface area contributed by atoms with Gasteiger partial charge >= 0.3 is 0 Å². The van der Waals surface area contributed by atoms with Gasteiger partial charge in [0.25, 0.3) is 5.91 Å². The minimum absolute atomic E-state index is 0.0963. The third-order valence-corrected chi connectivity index (χ3v) is 3.08. The second-order valence-electron chi connectivity index (χ2n) is 5.49. The molecule has 0 aliphatic heterocycles. The lowest BCUT2D eigenvalue weighted by atomic mass is 10.1. The van der Waals surface area contributed by atoms with Crippen molar-refractivity contribution in [1.82, 2.24) is 4.90 Å². The number of phenolic OH excluding ortho intramolecular Hbond substituents is 1. The molecule has 1 aromatic rings. The molecule has 6 nitrogen and oxygen atoms in total. The van der Waals surface area contributed by atoms with Gasteiger partial charge in [-0.3, -0.25) is 4.79 Å². The van der Waals surface area contributed by atoms with E-state index in [2.05, 4.69) is 5.16 Å². The number of aromatic hydroxyl groups is 1. The first-order chi connectivity index (χ1) is 9.85. The second-order valence-corrected chi connectivity index (χ2v) is 5.49. The van der Waals surface area contributed by atoms with Crippen LogP contribution in [-0.2, 0) is 0 Å². The van der Waals surface area contributed by atoms with Crippen molar-refractivity contribution in [3.05, 3.63) is 29.3 Å². The zero-order chi connectivity index (χ0) is 16.0. The Balaban J connectivity index is 2.93. The molecular formula is C15H23N3O3. The molecule has 0 bridgehead atoms. The molecule has 116 valence electrons. The van der Waals surface area contributed by atoms with Crippen molar-refractivity contribution in [2.75, 3.05) is 13.1 Å². The molecule has 0 aliphatic carbocycles. The van der Waals surface area contributed by atoms with Gasteiger partial charge in [-0.25, -0.2) is 0 Å². The Labute approximate surface area is 124 Å². The van der Waals surface area contributed by atoms with E-state index in [1.165, 1.54) is 6.07 Å². The fourth-order valence-corrected chi connectivity index (χ4v) is 2.07. The van der Waals surface area contributed by atoms with Gasteiger partial charge in [-0.2, -0.15) is 0 Å². The Morgan fingerprint density at radius 3 is 2.62 bits per heavy atom. The molecule has 0 aromatic heterocycles. The molecular weight excluding hydrogens is 270 g/mol. The molecule has 0 atom stereocenters. The Morgan fingerprint density at radius 2 is 2.10 bits per heavy atom. The molecule has 1 rings (SSSR count). The van der Waals surface area contributed by atoms with Crippen LogP contribution in [0.5, 0.6) is 5.75 Å². The quantitative estimate of drug-likeness (QED) is 0.323. The van der Waals surface area contributed by atoms with Gasteiger partial charge in [0, 0.05) is 25.1 Å². The number of benzene rings is 1. The highest BCUT2D eigenvalue weighted by Crippen LogP contribution is 2.18. The topological polar surface area (TPSA) is 99.2 Å². The number of rotatable bonds is 6. The highest BCUT2D eigenvalue weighted by Gasteiger charge is 2.19. The summed E-state index contributed by atoms with van der Waals surface area (Å²) in [5.41, 5.74) is 6.74. The first kappa shape index (κ1) is 16.8. The summed E-state index contributed by atoms with van der Waals surface area (Å²) in [6, 6.07) is 4.67. The highest BCUT2D eigenvalue weighted by molar-refractivity contribution is 5.96. The number of nitrogens with zero attached hydrogens (tertiary/aromatic N) is 2. The molecule has 1 amide bonds. The van der Waals surface area contributed by atoms with Crippen molar-refractivity contribution >= 4 is 11.7 Å². The summed E-state index contributed by atoms with van der Waals surface area (Å²) in [6.45, 7) is 6.79. The van der Waals surface area contributed by atoms with Crippen LogP contribution in [0.4, 0.5) is 0 Å². The number of nitrogens with two attached hydrogens (primary N) is 1. The molecule has 0 fully saturated rings. The predicted molar refractivity (Wildman–Crippen MR) is 81.6 cm³/mol. The molecule has 1 aromatic carbocycles. The highest BCUT2D eigenvalue weighted by atomic mass is 16.4. The van der Waals surface area contributed by atoms with E-state index in [1.807, 2.05) is 13.8 Å². The minimum atomic E-state index is -0.119. The van der Waals surface area contributed by atoms with Gasteiger partial charge in [0.05, 0.1) is 0 Å². The molecule has 0 saturated heterocycles. The van der Waals surface area contributed by atoms with E-state index in [0.29, 0.717) is 31.0 Å². The van der Waals surface area contributed by atoms with Crippen LogP contribution in [0, 0.1) is 12.8 Å². The molecule has 4 N–H and O–H groups in total. The fourth-order valence-electron chi connectivity index (χ4n) is 2.07. The van der Waals surface area contributed by atoms with Crippen molar-refractivity contribution in [1.29, 1.82) is 0 Å². The number of amides is 1. The maximum Gasteiger partial charge on any atom is 0.254 e. The maximum absolute atomic E-state index is 12.6. The van der Waals surface area contributed by atoms with Crippen LogP contribution in [0.2, 0.25) is 0 Å². The van der Waals surface area contributed by atoms with Gasteiger partial charge < -0.3 is 20.9 Å². The van der Waals surface area contributed by atoms with Crippen LogP contribution < -0.4 is 5.73 Å². The van der Waals surface area contributed by atoms with Crippen molar-refractivity contribution in [2.45, 2.75) is 27.2 Å². The van der Waals surface area contributed by atoms with E-state index >= 15 is 0 Å². The van der Waals surface area contributed by atoms with Crippen molar-refractivity contribution in [2.24, 2.45) is 16.8 Å². The molecule has 0 spiro atoms. The van der Waals surface area contributed by atoms with E-state index in [1.54, 1.807) is 24.0 Å². The van der Waals surface area contributed by atoms with Gasteiger partial charge in [0.2, 0.25) is 0 Å². The van der Waals surface area contributed by atoms with E-state index in [-0.39, 0.29) is 17.5 Å². The Kier molecular flexibility index (Phi) is 6.02. The molecule has 6 heteroatoms. The van der Waals surface area contributed by atoms with Crippen LogP contribution in [0.1, 0.15) is 36.2 Å². The maximum atomic E-state index is 12.6. The third kappa shape index (κ3) is 4.98. The zero-order valence-electron chi connectivity index (χ0n) is 12.7. The molecule has 0 heterocycles. The number of amidine groups is 1. The lowest BCUT2D eigenvalue weighted by Gasteiger charge is -2.25. The molecule has 0 saturated carbocycles. The summed E-state index contributed by atoms with van der Waals surface area (Å²) >= 11 is 0. The average molecular weight is 293 g/mol. The predicted octanol–water partition coefficient (Wildman–Crippen LogP) is 1.94. The van der Waals surface area contributed by atoms with E-state index in [9.17, 15) is 9.90 Å². The third-order valence-electron chi connectivity index (χ3n) is 3.08. The number of carbonyl (C=O) groups excluding carboxylic acids is 1. The van der Waals surface area contributed by atoms with Crippen LogP contribution in [0.15, 0.2) is 23.4 Å². The summed E-state index contributed by atoms with van der Waals surface area (Å²) in [7, 11) is 0. The van der Waals surface area contributed by atoms with E-state index in [4.69, 9.17) is 10.9 Å². The monoisotopic (exact) mass is 293 g/mol. The summed E-state index contributed by atoms with van der Waals surface area (Å²) < 4.78 is 0. The molecule has 0 radical (unpaired) electrons. The van der Waals surface area contributed by atoms with Crippen LogP contribution in [0.25, 0.3) is 0 Å². The van der Waals surface area contributed by atoms with Gasteiger partial charge in [0.15, 0.2) is 0 Å². The SMILES string of the molecule is Cc1cc(O)ccc1C(=O)N(CC/C(N)=N/O)CC(C)C. The largest absolute Gasteiger partial charge is 0.508 e. The number of phenols is 1. The minimum Gasteiger partial charge on any atom is -0.508 e. The summed E-state index contributed by atoms with van der Waals surface area (Å²) in [5.74, 6) is 0.417. The first-order valence-electron chi connectivity index (χ1n) is 6.90. The fraction of sp³-hybridized carbons (Fsp3) is 0.467. The first-order valence-corrected chi connectivity index (χ1v) is 6.90. The number of hydrogen-bond acceptors (Lipinski definition) is 4.